The fraction of sp³-hybridized carbons (Fsp3) is 0.0811. The number of carboxylic acids is 1. The van der Waals surface area contributed by atoms with E-state index < -0.39 is 5.97 Å². The fourth-order valence-corrected chi connectivity index (χ4v) is 5.96. The van der Waals surface area contributed by atoms with Gasteiger partial charge >= 0.3 is 5.97 Å². The van der Waals surface area contributed by atoms with Crippen molar-refractivity contribution in [2.45, 2.75) is 19.3 Å². The van der Waals surface area contributed by atoms with Crippen molar-refractivity contribution in [3.63, 3.8) is 0 Å². The molecule has 1 aromatic heterocycles. The number of para-hydroxylation sites is 2. The van der Waals surface area contributed by atoms with Crippen LogP contribution in [0.2, 0.25) is 0 Å². The third-order valence-electron chi connectivity index (χ3n) is 7.47. The zero-order valence-electron chi connectivity index (χ0n) is 23.4. The standard InChI is InChI=1S/C37H30N2O2S/c1-37(2)33-25-27(36(40)41)16-23-34(33)38-35(37)24-22-32-21-20-31(42-32)19-15-26-13-17-30(18-14-26)39(28-9-5-3-6-10-28)29-11-7-4-8-12-29/h3-25H,1-2H3,(H,40,41)/b19-15+,24-22+. The van der Waals surface area contributed by atoms with Crippen LogP contribution in [0.15, 0.2) is 126 Å². The molecule has 0 radical (unpaired) electrons. The number of allylic oxidation sites excluding steroid dienone is 1. The number of anilines is 3. The first-order valence-corrected chi connectivity index (χ1v) is 14.6. The van der Waals surface area contributed by atoms with Crippen molar-refractivity contribution in [1.29, 1.82) is 0 Å². The molecular formula is C37H30N2O2S. The summed E-state index contributed by atoms with van der Waals surface area (Å²) in [6.45, 7) is 4.17. The number of fused-ring (bicyclic) bond motifs is 1. The Morgan fingerprint density at radius 1 is 0.714 bits per heavy atom. The second kappa shape index (κ2) is 11.5. The maximum absolute atomic E-state index is 11.4. The van der Waals surface area contributed by atoms with E-state index in [9.17, 15) is 9.90 Å². The summed E-state index contributed by atoms with van der Waals surface area (Å²) in [5.41, 5.74) is 7.10. The molecule has 0 saturated heterocycles. The summed E-state index contributed by atoms with van der Waals surface area (Å²) < 4.78 is 0. The summed E-state index contributed by atoms with van der Waals surface area (Å²) in [5.74, 6) is -0.922. The van der Waals surface area contributed by atoms with Crippen molar-refractivity contribution in [2.24, 2.45) is 4.99 Å². The van der Waals surface area contributed by atoms with Crippen LogP contribution in [0.1, 0.15) is 45.1 Å². The molecule has 2 heterocycles. The van der Waals surface area contributed by atoms with Crippen LogP contribution in [0.3, 0.4) is 0 Å². The summed E-state index contributed by atoms with van der Waals surface area (Å²) in [6, 6.07) is 38.8. The van der Waals surface area contributed by atoms with Crippen LogP contribution in [-0.2, 0) is 5.41 Å². The van der Waals surface area contributed by atoms with Crippen molar-refractivity contribution in [3.05, 3.63) is 148 Å². The van der Waals surface area contributed by atoms with E-state index in [1.807, 2.05) is 18.2 Å². The zero-order chi connectivity index (χ0) is 29.1. The average Bonchev–Trinajstić information content (AvgIpc) is 3.57. The Bertz CT molecular complexity index is 1780. The van der Waals surface area contributed by atoms with Crippen molar-refractivity contribution in [2.75, 3.05) is 4.90 Å². The number of carbonyl (C=O) groups is 1. The van der Waals surface area contributed by atoms with E-state index in [0.717, 1.165) is 49.3 Å². The van der Waals surface area contributed by atoms with Crippen LogP contribution in [0.25, 0.3) is 18.2 Å². The molecule has 0 atom stereocenters. The van der Waals surface area contributed by atoms with E-state index >= 15 is 0 Å². The highest BCUT2D eigenvalue weighted by Crippen LogP contribution is 2.41. The molecule has 0 fully saturated rings. The highest BCUT2D eigenvalue weighted by atomic mass is 32.1. The molecule has 42 heavy (non-hydrogen) atoms. The Morgan fingerprint density at radius 2 is 1.29 bits per heavy atom. The molecule has 4 nitrogen and oxygen atoms in total. The Labute approximate surface area is 250 Å². The first-order valence-electron chi connectivity index (χ1n) is 13.8. The predicted molar refractivity (Wildman–Crippen MR) is 177 cm³/mol. The van der Waals surface area contributed by atoms with Gasteiger partial charge in [-0.1, -0.05) is 68.5 Å². The Balaban J connectivity index is 1.16. The normalized spacial score (nSPS) is 13.8. The van der Waals surface area contributed by atoms with Gasteiger partial charge in [0.1, 0.15) is 0 Å². The third kappa shape index (κ3) is 5.60. The van der Waals surface area contributed by atoms with Crippen molar-refractivity contribution in [1.82, 2.24) is 0 Å². The second-order valence-electron chi connectivity index (χ2n) is 10.7. The summed E-state index contributed by atoms with van der Waals surface area (Å²) in [6.07, 6.45) is 8.41. The van der Waals surface area contributed by atoms with Crippen LogP contribution >= 0.6 is 11.3 Å². The molecule has 206 valence electrons. The van der Waals surface area contributed by atoms with Crippen LogP contribution in [0.4, 0.5) is 22.7 Å². The average molecular weight is 567 g/mol. The van der Waals surface area contributed by atoms with Crippen LogP contribution < -0.4 is 4.90 Å². The van der Waals surface area contributed by atoms with Crippen molar-refractivity contribution in [3.8, 4) is 0 Å². The number of nitrogens with zero attached hydrogens (tertiary/aromatic N) is 2. The maximum Gasteiger partial charge on any atom is 0.335 e. The lowest BCUT2D eigenvalue weighted by Crippen LogP contribution is -2.24. The largest absolute Gasteiger partial charge is 0.478 e. The number of hydrogen-bond donors (Lipinski definition) is 1. The van der Waals surface area contributed by atoms with E-state index in [0.29, 0.717) is 0 Å². The zero-order valence-corrected chi connectivity index (χ0v) is 24.3. The summed E-state index contributed by atoms with van der Waals surface area (Å²) >= 11 is 1.71. The quantitative estimate of drug-likeness (QED) is 0.203. The van der Waals surface area contributed by atoms with E-state index in [2.05, 4.69) is 122 Å². The van der Waals surface area contributed by atoms with Crippen LogP contribution in [0.5, 0.6) is 0 Å². The number of aliphatic imine (C=N–C) groups is 1. The molecule has 0 unspecified atom stereocenters. The lowest BCUT2D eigenvalue weighted by molar-refractivity contribution is 0.0696. The summed E-state index contributed by atoms with van der Waals surface area (Å²) in [4.78, 5) is 20.8. The first-order chi connectivity index (χ1) is 20.4. The Hall–Kier alpha value is -5.00. The molecule has 1 aliphatic heterocycles. The molecule has 4 aromatic carbocycles. The van der Waals surface area contributed by atoms with E-state index in [1.165, 1.54) is 0 Å². The number of carboxylic acid groups (broad SMARTS) is 1. The highest BCUT2D eigenvalue weighted by molar-refractivity contribution is 7.13. The molecule has 0 amide bonds. The number of thiophene rings is 1. The summed E-state index contributed by atoms with van der Waals surface area (Å²) in [5, 5.41) is 9.39. The van der Waals surface area contributed by atoms with Gasteiger partial charge in [-0.25, -0.2) is 4.79 Å². The second-order valence-corrected chi connectivity index (χ2v) is 11.8. The SMILES string of the molecule is CC1(C)C(/C=C/c2ccc(/C=C/c3ccc(N(c4ccccc4)c4ccccc4)cc3)s2)=Nc2ccc(C(=O)O)cc21. The minimum atomic E-state index is -0.922. The Kier molecular flexibility index (Phi) is 7.43. The van der Waals surface area contributed by atoms with E-state index in [4.69, 9.17) is 4.99 Å². The van der Waals surface area contributed by atoms with Gasteiger partial charge < -0.3 is 10.0 Å². The van der Waals surface area contributed by atoms with Gasteiger partial charge in [-0.15, -0.1) is 11.3 Å². The molecule has 1 N–H and O–H groups in total. The molecule has 0 aliphatic carbocycles. The van der Waals surface area contributed by atoms with E-state index in [-0.39, 0.29) is 11.0 Å². The highest BCUT2D eigenvalue weighted by Gasteiger charge is 2.34. The van der Waals surface area contributed by atoms with Gasteiger partial charge in [0, 0.05) is 32.2 Å². The minimum Gasteiger partial charge on any atom is -0.478 e. The lowest BCUT2D eigenvalue weighted by atomic mass is 9.81. The number of hydrogen-bond acceptors (Lipinski definition) is 4. The molecule has 0 spiro atoms. The van der Waals surface area contributed by atoms with Gasteiger partial charge in [0.25, 0.3) is 0 Å². The van der Waals surface area contributed by atoms with Crippen molar-refractivity contribution >= 4 is 64.0 Å². The molecule has 1 aliphatic rings. The number of aromatic carboxylic acids is 1. The van der Waals surface area contributed by atoms with Gasteiger partial charge in [-0.05, 0) is 96.1 Å². The Morgan fingerprint density at radius 3 is 1.88 bits per heavy atom. The smallest absolute Gasteiger partial charge is 0.335 e. The van der Waals surface area contributed by atoms with E-state index in [1.54, 1.807) is 29.5 Å². The van der Waals surface area contributed by atoms with Crippen molar-refractivity contribution < 1.29 is 9.90 Å². The molecule has 6 rings (SSSR count). The molecule has 0 saturated carbocycles. The first kappa shape index (κ1) is 27.2. The summed E-state index contributed by atoms with van der Waals surface area (Å²) in [7, 11) is 0. The monoisotopic (exact) mass is 566 g/mol. The molecular weight excluding hydrogens is 536 g/mol. The van der Waals surface area contributed by atoms with Gasteiger partial charge in [-0.2, -0.15) is 0 Å². The van der Waals surface area contributed by atoms with Gasteiger partial charge in [0.05, 0.1) is 17.0 Å². The van der Waals surface area contributed by atoms with Gasteiger partial charge in [-0.3, -0.25) is 4.99 Å². The number of rotatable bonds is 8. The maximum atomic E-state index is 11.4. The molecule has 5 heteroatoms. The topological polar surface area (TPSA) is 52.9 Å². The minimum absolute atomic E-state index is 0.288. The fourth-order valence-electron chi connectivity index (χ4n) is 5.14. The molecule has 0 bridgehead atoms. The van der Waals surface area contributed by atoms with Gasteiger partial charge in [0.2, 0.25) is 0 Å². The third-order valence-corrected chi connectivity index (χ3v) is 8.49. The van der Waals surface area contributed by atoms with Crippen LogP contribution in [-0.4, -0.2) is 16.8 Å². The predicted octanol–water partition coefficient (Wildman–Crippen LogP) is 10.2. The molecule has 5 aromatic rings. The van der Waals surface area contributed by atoms with Gasteiger partial charge in [0.15, 0.2) is 0 Å². The lowest BCUT2D eigenvalue weighted by Gasteiger charge is -2.25. The number of benzene rings is 4. The van der Waals surface area contributed by atoms with Crippen LogP contribution in [0, 0.1) is 0 Å².